The standard InChI is InChI=1S/C18H22N2OS/c1-2-20(13-16-9-6-12-22-16)17(21)19-14-18(10-11-18)15-7-4-3-5-8-15/h3-9,12H,2,10-11,13-14H2,1H3,(H,19,21). The maximum atomic E-state index is 12.4. The number of hydrogen-bond donors (Lipinski definition) is 1. The third-order valence-electron chi connectivity index (χ3n) is 4.41. The fraction of sp³-hybridized carbons (Fsp3) is 0.389. The van der Waals surface area contributed by atoms with Gasteiger partial charge in [0.1, 0.15) is 0 Å². The zero-order valence-corrected chi connectivity index (χ0v) is 13.7. The number of benzene rings is 1. The Labute approximate surface area is 136 Å². The summed E-state index contributed by atoms with van der Waals surface area (Å²) in [6.45, 7) is 4.18. The molecular weight excluding hydrogens is 292 g/mol. The third kappa shape index (κ3) is 3.33. The Morgan fingerprint density at radius 1 is 1.23 bits per heavy atom. The van der Waals surface area contributed by atoms with E-state index in [0.717, 1.165) is 25.9 Å². The summed E-state index contributed by atoms with van der Waals surface area (Å²) < 4.78 is 0. The van der Waals surface area contributed by atoms with Crippen molar-refractivity contribution < 1.29 is 4.79 Å². The van der Waals surface area contributed by atoms with Crippen molar-refractivity contribution in [3.63, 3.8) is 0 Å². The molecule has 3 rings (SSSR count). The highest BCUT2D eigenvalue weighted by Crippen LogP contribution is 2.47. The van der Waals surface area contributed by atoms with Crippen LogP contribution in [0, 0.1) is 0 Å². The van der Waals surface area contributed by atoms with Crippen molar-refractivity contribution in [1.82, 2.24) is 10.2 Å². The molecule has 1 aliphatic carbocycles. The summed E-state index contributed by atoms with van der Waals surface area (Å²) in [7, 11) is 0. The first kappa shape index (κ1) is 15.1. The maximum Gasteiger partial charge on any atom is 0.317 e. The van der Waals surface area contributed by atoms with E-state index in [0.29, 0.717) is 6.54 Å². The first-order chi connectivity index (χ1) is 10.7. The van der Waals surface area contributed by atoms with E-state index in [-0.39, 0.29) is 11.4 Å². The zero-order valence-electron chi connectivity index (χ0n) is 12.9. The molecule has 0 atom stereocenters. The predicted molar refractivity (Wildman–Crippen MR) is 91.2 cm³/mol. The molecule has 3 nitrogen and oxygen atoms in total. The monoisotopic (exact) mass is 314 g/mol. The van der Waals surface area contributed by atoms with Gasteiger partial charge in [-0.25, -0.2) is 4.79 Å². The molecule has 4 heteroatoms. The molecule has 2 amide bonds. The van der Waals surface area contributed by atoms with Crippen LogP contribution in [0.5, 0.6) is 0 Å². The van der Waals surface area contributed by atoms with Crippen LogP contribution in [-0.2, 0) is 12.0 Å². The Morgan fingerprint density at radius 2 is 2.00 bits per heavy atom. The lowest BCUT2D eigenvalue weighted by Crippen LogP contribution is -2.42. The average molecular weight is 314 g/mol. The van der Waals surface area contributed by atoms with Gasteiger partial charge in [-0.05, 0) is 36.8 Å². The van der Waals surface area contributed by atoms with Gasteiger partial charge in [0, 0.05) is 23.4 Å². The van der Waals surface area contributed by atoms with Crippen LogP contribution >= 0.6 is 11.3 Å². The van der Waals surface area contributed by atoms with Gasteiger partial charge in [-0.1, -0.05) is 36.4 Å². The molecule has 22 heavy (non-hydrogen) atoms. The second kappa shape index (κ2) is 6.53. The summed E-state index contributed by atoms with van der Waals surface area (Å²) in [4.78, 5) is 15.5. The van der Waals surface area contributed by atoms with Crippen molar-refractivity contribution in [2.45, 2.75) is 31.7 Å². The lowest BCUT2D eigenvalue weighted by atomic mass is 9.96. The quantitative estimate of drug-likeness (QED) is 0.858. The highest BCUT2D eigenvalue weighted by atomic mass is 32.1. The molecule has 1 heterocycles. The van der Waals surface area contributed by atoms with E-state index in [4.69, 9.17) is 0 Å². The zero-order chi connectivity index (χ0) is 15.4. The van der Waals surface area contributed by atoms with Gasteiger partial charge in [-0.3, -0.25) is 0 Å². The van der Waals surface area contributed by atoms with E-state index < -0.39 is 0 Å². The molecule has 0 unspecified atom stereocenters. The Morgan fingerprint density at radius 3 is 2.59 bits per heavy atom. The number of thiophene rings is 1. The Balaban J connectivity index is 1.57. The number of urea groups is 1. The van der Waals surface area contributed by atoms with Gasteiger partial charge < -0.3 is 10.2 Å². The number of carbonyl (C=O) groups is 1. The minimum Gasteiger partial charge on any atom is -0.337 e. The van der Waals surface area contributed by atoms with Crippen molar-refractivity contribution >= 4 is 17.4 Å². The van der Waals surface area contributed by atoms with Crippen LogP contribution in [0.1, 0.15) is 30.2 Å². The van der Waals surface area contributed by atoms with Crippen LogP contribution in [0.3, 0.4) is 0 Å². The second-order valence-corrected chi connectivity index (χ2v) is 6.93. The minimum atomic E-state index is 0.0399. The third-order valence-corrected chi connectivity index (χ3v) is 5.27. The van der Waals surface area contributed by atoms with Crippen LogP contribution in [0.4, 0.5) is 4.79 Å². The Kier molecular flexibility index (Phi) is 4.48. The number of hydrogen-bond acceptors (Lipinski definition) is 2. The van der Waals surface area contributed by atoms with E-state index in [1.165, 1.54) is 10.4 Å². The topological polar surface area (TPSA) is 32.3 Å². The SMILES string of the molecule is CCN(Cc1cccs1)C(=O)NCC1(c2ccccc2)CC1. The van der Waals surface area contributed by atoms with Gasteiger partial charge >= 0.3 is 6.03 Å². The normalized spacial score (nSPS) is 15.3. The predicted octanol–water partition coefficient (Wildman–Crippen LogP) is 4.01. The lowest BCUT2D eigenvalue weighted by molar-refractivity contribution is 0.197. The van der Waals surface area contributed by atoms with E-state index >= 15 is 0 Å². The summed E-state index contributed by atoms with van der Waals surface area (Å²) >= 11 is 1.70. The molecule has 1 saturated carbocycles. The summed E-state index contributed by atoms with van der Waals surface area (Å²) in [5.74, 6) is 0. The number of nitrogens with zero attached hydrogens (tertiary/aromatic N) is 1. The van der Waals surface area contributed by atoms with Crippen molar-refractivity contribution in [1.29, 1.82) is 0 Å². The first-order valence-electron chi connectivity index (χ1n) is 7.84. The summed E-state index contributed by atoms with van der Waals surface area (Å²) in [5.41, 5.74) is 1.51. The fourth-order valence-electron chi connectivity index (χ4n) is 2.78. The highest BCUT2D eigenvalue weighted by molar-refractivity contribution is 7.09. The van der Waals surface area contributed by atoms with Crippen LogP contribution in [0.15, 0.2) is 47.8 Å². The van der Waals surface area contributed by atoms with Gasteiger partial charge in [0.2, 0.25) is 0 Å². The Hall–Kier alpha value is -1.81. The van der Waals surface area contributed by atoms with E-state index in [1.54, 1.807) is 11.3 Å². The molecule has 1 aromatic carbocycles. The van der Waals surface area contributed by atoms with Crippen molar-refractivity contribution in [3.8, 4) is 0 Å². The second-order valence-electron chi connectivity index (χ2n) is 5.90. The maximum absolute atomic E-state index is 12.4. The molecule has 1 aliphatic rings. The van der Waals surface area contributed by atoms with E-state index in [9.17, 15) is 4.79 Å². The summed E-state index contributed by atoms with van der Waals surface area (Å²) in [6, 6.07) is 14.7. The molecule has 0 radical (unpaired) electrons. The van der Waals surface area contributed by atoms with Crippen LogP contribution in [-0.4, -0.2) is 24.0 Å². The van der Waals surface area contributed by atoms with Crippen molar-refractivity contribution in [2.24, 2.45) is 0 Å². The molecular formula is C18H22N2OS. The Bertz CT molecular complexity index is 605. The lowest BCUT2D eigenvalue weighted by Gasteiger charge is -2.23. The molecule has 1 aromatic heterocycles. The van der Waals surface area contributed by atoms with Gasteiger partial charge in [0.25, 0.3) is 0 Å². The largest absolute Gasteiger partial charge is 0.337 e. The van der Waals surface area contributed by atoms with Crippen LogP contribution in [0.2, 0.25) is 0 Å². The number of amides is 2. The van der Waals surface area contributed by atoms with Crippen molar-refractivity contribution in [2.75, 3.05) is 13.1 Å². The highest BCUT2D eigenvalue weighted by Gasteiger charge is 2.44. The first-order valence-corrected chi connectivity index (χ1v) is 8.72. The van der Waals surface area contributed by atoms with E-state index in [2.05, 4.69) is 41.0 Å². The van der Waals surface area contributed by atoms with Crippen molar-refractivity contribution in [3.05, 3.63) is 58.3 Å². The molecule has 0 saturated heterocycles. The number of nitrogens with one attached hydrogen (secondary N) is 1. The minimum absolute atomic E-state index is 0.0399. The van der Waals surface area contributed by atoms with Gasteiger partial charge in [0.15, 0.2) is 0 Å². The number of rotatable bonds is 6. The van der Waals surface area contributed by atoms with Gasteiger partial charge in [-0.15, -0.1) is 11.3 Å². The van der Waals surface area contributed by atoms with Crippen LogP contribution in [0.25, 0.3) is 0 Å². The smallest absolute Gasteiger partial charge is 0.317 e. The molecule has 116 valence electrons. The molecule has 0 bridgehead atoms. The average Bonchev–Trinajstić information content (AvgIpc) is 3.18. The van der Waals surface area contributed by atoms with Gasteiger partial charge in [0.05, 0.1) is 6.54 Å². The fourth-order valence-corrected chi connectivity index (χ4v) is 3.50. The van der Waals surface area contributed by atoms with E-state index in [1.807, 2.05) is 24.0 Å². The molecule has 2 aromatic rings. The summed E-state index contributed by atoms with van der Waals surface area (Å²) in [5, 5.41) is 5.19. The van der Waals surface area contributed by atoms with Crippen LogP contribution < -0.4 is 5.32 Å². The van der Waals surface area contributed by atoms with Gasteiger partial charge in [-0.2, -0.15) is 0 Å². The summed E-state index contributed by atoms with van der Waals surface area (Å²) in [6.07, 6.45) is 2.32. The molecule has 0 aliphatic heterocycles. The molecule has 1 fully saturated rings. The molecule has 1 N–H and O–H groups in total. The number of carbonyl (C=O) groups excluding carboxylic acids is 1. The molecule has 0 spiro atoms.